The van der Waals surface area contributed by atoms with Crippen LogP contribution in [0, 0.1) is 24.6 Å². The SMILES string of the molecule is Cc1cc(F)cc(C(NN)C(C)C(C)C)c1. The molecule has 0 aliphatic carbocycles. The Kier molecular flexibility index (Phi) is 4.44. The number of hydrazine groups is 1. The maximum atomic E-state index is 13.3. The van der Waals surface area contributed by atoms with E-state index in [1.165, 1.54) is 6.07 Å². The van der Waals surface area contributed by atoms with Crippen LogP contribution in [0.3, 0.4) is 0 Å². The fourth-order valence-electron chi connectivity index (χ4n) is 1.88. The smallest absolute Gasteiger partial charge is 0.123 e. The van der Waals surface area contributed by atoms with Crippen molar-refractivity contribution in [3.05, 3.63) is 35.1 Å². The van der Waals surface area contributed by atoms with E-state index in [9.17, 15) is 4.39 Å². The van der Waals surface area contributed by atoms with Gasteiger partial charge in [0.25, 0.3) is 0 Å². The first-order valence-corrected chi connectivity index (χ1v) is 5.69. The predicted octanol–water partition coefficient (Wildman–Crippen LogP) is 2.93. The molecule has 1 rings (SSSR count). The van der Waals surface area contributed by atoms with Crippen molar-refractivity contribution in [3.63, 3.8) is 0 Å². The Morgan fingerprint density at radius 3 is 2.25 bits per heavy atom. The van der Waals surface area contributed by atoms with Gasteiger partial charge in [-0.1, -0.05) is 26.8 Å². The molecular formula is C13H21FN2. The van der Waals surface area contributed by atoms with Crippen LogP contribution in [-0.2, 0) is 0 Å². The summed E-state index contributed by atoms with van der Waals surface area (Å²) < 4.78 is 13.3. The number of hydrogen-bond donors (Lipinski definition) is 2. The summed E-state index contributed by atoms with van der Waals surface area (Å²) in [5.41, 5.74) is 4.63. The van der Waals surface area contributed by atoms with E-state index in [1.54, 1.807) is 6.07 Å². The molecule has 16 heavy (non-hydrogen) atoms. The van der Waals surface area contributed by atoms with Gasteiger partial charge in [-0.3, -0.25) is 11.3 Å². The molecule has 90 valence electrons. The van der Waals surface area contributed by atoms with Crippen LogP contribution in [-0.4, -0.2) is 0 Å². The Balaban J connectivity index is 3.03. The lowest BCUT2D eigenvalue weighted by Gasteiger charge is -2.27. The van der Waals surface area contributed by atoms with Gasteiger partial charge >= 0.3 is 0 Å². The summed E-state index contributed by atoms with van der Waals surface area (Å²) in [6, 6.07) is 5.05. The maximum Gasteiger partial charge on any atom is 0.123 e. The number of aryl methyl sites for hydroxylation is 1. The summed E-state index contributed by atoms with van der Waals surface area (Å²) in [6.45, 7) is 8.29. The molecule has 0 aliphatic heterocycles. The molecule has 0 amide bonds. The van der Waals surface area contributed by atoms with E-state index in [2.05, 4.69) is 26.2 Å². The molecule has 0 fully saturated rings. The van der Waals surface area contributed by atoms with Crippen molar-refractivity contribution in [1.29, 1.82) is 0 Å². The van der Waals surface area contributed by atoms with Crippen molar-refractivity contribution in [2.45, 2.75) is 33.7 Å². The molecule has 1 aromatic rings. The van der Waals surface area contributed by atoms with Gasteiger partial charge in [-0.2, -0.15) is 0 Å². The summed E-state index contributed by atoms with van der Waals surface area (Å²) in [4.78, 5) is 0. The molecule has 0 bridgehead atoms. The average Bonchev–Trinajstić information content (AvgIpc) is 2.16. The first kappa shape index (κ1) is 13.1. The van der Waals surface area contributed by atoms with Crippen molar-refractivity contribution >= 4 is 0 Å². The van der Waals surface area contributed by atoms with Crippen molar-refractivity contribution < 1.29 is 4.39 Å². The lowest BCUT2D eigenvalue weighted by molar-refractivity contribution is 0.305. The third kappa shape index (κ3) is 3.03. The van der Waals surface area contributed by atoms with Gasteiger partial charge in [0.05, 0.1) is 0 Å². The first-order valence-electron chi connectivity index (χ1n) is 5.69. The van der Waals surface area contributed by atoms with E-state index in [0.29, 0.717) is 11.8 Å². The molecule has 3 N–H and O–H groups in total. The molecule has 0 spiro atoms. The van der Waals surface area contributed by atoms with E-state index < -0.39 is 0 Å². The highest BCUT2D eigenvalue weighted by atomic mass is 19.1. The van der Waals surface area contributed by atoms with E-state index in [1.807, 2.05) is 13.0 Å². The van der Waals surface area contributed by atoms with Gasteiger partial charge in [-0.15, -0.1) is 0 Å². The average molecular weight is 224 g/mol. The van der Waals surface area contributed by atoms with Gasteiger partial charge < -0.3 is 0 Å². The Labute approximate surface area is 97.0 Å². The number of halogens is 1. The monoisotopic (exact) mass is 224 g/mol. The van der Waals surface area contributed by atoms with Crippen LogP contribution >= 0.6 is 0 Å². The van der Waals surface area contributed by atoms with E-state index >= 15 is 0 Å². The van der Waals surface area contributed by atoms with Crippen molar-refractivity contribution in [2.24, 2.45) is 17.7 Å². The predicted molar refractivity (Wildman–Crippen MR) is 65.2 cm³/mol. The second-order valence-corrected chi connectivity index (χ2v) is 4.81. The molecule has 0 aliphatic rings. The van der Waals surface area contributed by atoms with Crippen LogP contribution in [0.4, 0.5) is 4.39 Å². The summed E-state index contributed by atoms with van der Waals surface area (Å²) in [5.74, 6) is 6.21. The van der Waals surface area contributed by atoms with Gasteiger partial charge in [0, 0.05) is 6.04 Å². The molecule has 0 heterocycles. The molecule has 2 atom stereocenters. The highest BCUT2D eigenvalue weighted by Gasteiger charge is 2.21. The Morgan fingerprint density at radius 1 is 1.19 bits per heavy atom. The number of nitrogens with one attached hydrogen (secondary N) is 1. The lowest BCUT2D eigenvalue weighted by atomic mass is 9.86. The Morgan fingerprint density at radius 2 is 1.81 bits per heavy atom. The largest absolute Gasteiger partial charge is 0.271 e. The van der Waals surface area contributed by atoms with Crippen LogP contribution in [0.2, 0.25) is 0 Å². The van der Waals surface area contributed by atoms with Gasteiger partial charge in [0.15, 0.2) is 0 Å². The Hall–Kier alpha value is -0.930. The number of rotatable bonds is 4. The first-order chi connectivity index (χ1) is 7.45. The normalized spacial score (nSPS) is 15.2. The van der Waals surface area contributed by atoms with Crippen LogP contribution in [0.15, 0.2) is 18.2 Å². The fourth-order valence-corrected chi connectivity index (χ4v) is 1.88. The van der Waals surface area contributed by atoms with E-state index in [-0.39, 0.29) is 11.9 Å². The molecular weight excluding hydrogens is 203 g/mol. The standard InChI is InChI=1S/C13H21FN2/c1-8(2)10(4)13(16-15)11-5-9(3)6-12(14)7-11/h5-8,10,13,16H,15H2,1-4H3. The highest BCUT2D eigenvalue weighted by molar-refractivity contribution is 5.26. The number of nitrogens with two attached hydrogens (primary N) is 1. The summed E-state index contributed by atoms with van der Waals surface area (Å²) in [5, 5.41) is 0. The molecule has 3 heteroatoms. The maximum absolute atomic E-state index is 13.3. The van der Waals surface area contributed by atoms with Gasteiger partial charge in [0.2, 0.25) is 0 Å². The molecule has 0 saturated carbocycles. The number of hydrogen-bond acceptors (Lipinski definition) is 2. The molecule has 0 saturated heterocycles. The summed E-state index contributed by atoms with van der Waals surface area (Å²) in [7, 11) is 0. The molecule has 2 unspecified atom stereocenters. The molecule has 0 aromatic heterocycles. The number of benzene rings is 1. The molecule has 0 radical (unpaired) electrons. The summed E-state index contributed by atoms with van der Waals surface area (Å²) >= 11 is 0. The minimum atomic E-state index is -0.203. The van der Waals surface area contributed by atoms with Crippen LogP contribution in [0.5, 0.6) is 0 Å². The lowest BCUT2D eigenvalue weighted by Crippen LogP contribution is -2.34. The zero-order valence-corrected chi connectivity index (χ0v) is 10.4. The third-order valence-electron chi connectivity index (χ3n) is 3.18. The second-order valence-electron chi connectivity index (χ2n) is 4.81. The zero-order chi connectivity index (χ0) is 12.3. The zero-order valence-electron chi connectivity index (χ0n) is 10.4. The van der Waals surface area contributed by atoms with Crippen molar-refractivity contribution in [1.82, 2.24) is 5.43 Å². The van der Waals surface area contributed by atoms with Crippen LogP contribution in [0.25, 0.3) is 0 Å². The van der Waals surface area contributed by atoms with Crippen LogP contribution in [0.1, 0.15) is 37.9 Å². The second kappa shape index (κ2) is 5.41. The topological polar surface area (TPSA) is 38.0 Å². The quantitative estimate of drug-likeness (QED) is 0.609. The van der Waals surface area contributed by atoms with Gasteiger partial charge in [-0.05, 0) is 42.0 Å². The van der Waals surface area contributed by atoms with Crippen molar-refractivity contribution in [2.75, 3.05) is 0 Å². The molecule has 1 aromatic carbocycles. The minimum Gasteiger partial charge on any atom is -0.271 e. The summed E-state index contributed by atoms with van der Waals surface area (Å²) in [6.07, 6.45) is 0. The highest BCUT2D eigenvalue weighted by Crippen LogP contribution is 2.28. The van der Waals surface area contributed by atoms with E-state index in [0.717, 1.165) is 11.1 Å². The Bertz CT molecular complexity index is 330. The molecule has 2 nitrogen and oxygen atoms in total. The van der Waals surface area contributed by atoms with Crippen LogP contribution < -0.4 is 11.3 Å². The van der Waals surface area contributed by atoms with Gasteiger partial charge in [-0.25, -0.2) is 4.39 Å². The van der Waals surface area contributed by atoms with Gasteiger partial charge in [0.1, 0.15) is 5.82 Å². The minimum absolute atomic E-state index is 0.00519. The van der Waals surface area contributed by atoms with Crippen molar-refractivity contribution in [3.8, 4) is 0 Å². The van der Waals surface area contributed by atoms with E-state index in [4.69, 9.17) is 5.84 Å². The fraction of sp³-hybridized carbons (Fsp3) is 0.538. The third-order valence-corrected chi connectivity index (χ3v) is 3.18.